The van der Waals surface area contributed by atoms with Gasteiger partial charge in [-0.1, -0.05) is 18.2 Å². The summed E-state index contributed by atoms with van der Waals surface area (Å²) in [6.45, 7) is 0. The van der Waals surface area contributed by atoms with E-state index in [1.807, 2.05) is 0 Å². The van der Waals surface area contributed by atoms with Crippen molar-refractivity contribution >= 4 is 11.9 Å². The normalized spacial score (nSPS) is 11.8. The second-order valence-corrected chi connectivity index (χ2v) is 4.48. The summed E-state index contributed by atoms with van der Waals surface area (Å²) in [5.41, 5.74) is -0.932. The van der Waals surface area contributed by atoms with Gasteiger partial charge in [0.15, 0.2) is 5.78 Å². The number of alkyl halides is 3. The maximum Gasteiger partial charge on any atom is 0.416 e. The molecule has 0 heterocycles. The maximum atomic E-state index is 13.0. The number of rotatable bonds is 3. The molecule has 6 heteroatoms. The second-order valence-electron chi connectivity index (χ2n) is 4.48. The van der Waals surface area contributed by atoms with Crippen LogP contribution in [-0.4, -0.2) is 10.9 Å². The lowest BCUT2D eigenvalue weighted by Crippen LogP contribution is -2.04. The third-order valence-corrected chi connectivity index (χ3v) is 2.87. The summed E-state index contributed by atoms with van der Waals surface area (Å²) in [6.07, 6.45) is -2.33. The second kappa shape index (κ2) is 6.01. The molecule has 0 aromatic heterocycles. The number of carbonyl (C=O) groups excluding carboxylic acids is 1. The van der Waals surface area contributed by atoms with Gasteiger partial charge >= 0.3 is 6.18 Å². The van der Waals surface area contributed by atoms with Gasteiger partial charge in [0.1, 0.15) is 11.6 Å². The number of benzene rings is 2. The molecule has 0 spiro atoms. The number of phenols is 1. The zero-order valence-electron chi connectivity index (χ0n) is 11.1. The van der Waals surface area contributed by atoms with E-state index in [1.54, 1.807) is 0 Å². The van der Waals surface area contributed by atoms with Gasteiger partial charge < -0.3 is 5.11 Å². The molecule has 0 aliphatic carbocycles. The van der Waals surface area contributed by atoms with Crippen LogP contribution in [0.5, 0.6) is 5.75 Å². The van der Waals surface area contributed by atoms with Gasteiger partial charge in [-0.3, -0.25) is 4.79 Å². The molecule has 0 saturated heterocycles. The highest BCUT2D eigenvalue weighted by atomic mass is 19.4. The third kappa shape index (κ3) is 3.72. The Hall–Kier alpha value is -2.63. The van der Waals surface area contributed by atoms with E-state index >= 15 is 0 Å². The number of aromatic hydroxyl groups is 1. The molecule has 22 heavy (non-hydrogen) atoms. The number of carbonyl (C=O) groups is 1. The van der Waals surface area contributed by atoms with Crippen molar-refractivity contribution in [1.82, 2.24) is 0 Å². The zero-order valence-corrected chi connectivity index (χ0v) is 11.1. The maximum absolute atomic E-state index is 13.0. The minimum atomic E-state index is -4.48. The molecule has 0 unspecified atom stereocenters. The van der Waals surface area contributed by atoms with Crippen LogP contribution >= 0.6 is 0 Å². The predicted octanol–water partition coefficient (Wildman–Crippen LogP) is 4.45. The van der Waals surface area contributed by atoms with Gasteiger partial charge in [-0.25, -0.2) is 4.39 Å². The number of hydrogen-bond donors (Lipinski definition) is 1. The monoisotopic (exact) mass is 310 g/mol. The molecule has 2 aromatic carbocycles. The van der Waals surface area contributed by atoms with Crippen LogP contribution in [-0.2, 0) is 6.18 Å². The minimum absolute atomic E-state index is 0.166. The number of phenolic OH excluding ortho intramolecular Hbond substituents is 1. The Kier molecular flexibility index (Phi) is 4.30. The lowest BCUT2D eigenvalue weighted by molar-refractivity contribution is -0.137. The first-order chi connectivity index (χ1) is 10.3. The van der Waals surface area contributed by atoms with Crippen molar-refractivity contribution in [2.24, 2.45) is 0 Å². The average Bonchev–Trinajstić information content (AvgIpc) is 2.47. The molecule has 2 aromatic rings. The quantitative estimate of drug-likeness (QED) is 0.517. The number of hydrogen-bond acceptors (Lipinski definition) is 2. The van der Waals surface area contributed by atoms with E-state index in [0.717, 1.165) is 36.4 Å². The van der Waals surface area contributed by atoms with Crippen molar-refractivity contribution in [3.8, 4) is 5.75 Å². The molecule has 0 bridgehead atoms. The highest BCUT2D eigenvalue weighted by Gasteiger charge is 2.30. The largest absolute Gasteiger partial charge is 0.507 e. The van der Waals surface area contributed by atoms with Gasteiger partial charge in [0, 0.05) is 0 Å². The van der Waals surface area contributed by atoms with Gasteiger partial charge in [-0.2, -0.15) is 13.2 Å². The Morgan fingerprint density at radius 1 is 1.09 bits per heavy atom. The molecule has 0 radical (unpaired) electrons. The molecule has 0 fully saturated rings. The van der Waals surface area contributed by atoms with Gasteiger partial charge in [-0.05, 0) is 42.0 Å². The summed E-state index contributed by atoms with van der Waals surface area (Å²) in [6, 6.07) is 7.28. The Balaban J connectivity index is 2.25. The van der Waals surface area contributed by atoms with Crippen molar-refractivity contribution in [2.75, 3.05) is 0 Å². The lowest BCUT2D eigenvalue weighted by Gasteiger charge is -2.06. The van der Waals surface area contributed by atoms with Crippen LogP contribution in [0.15, 0.2) is 48.5 Å². The van der Waals surface area contributed by atoms with Crippen LogP contribution in [0.3, 0.4) is 0 Å². The smallest absolute Gasteiger partial charge is 0.416 e. The van der Waals surface area contributed by atoms with E-state index in [4.69, 9.17) is 0 Å². The van der Waals surface area contributed by atoms with Gasteiger partial charge in [0.05, 0.1) is 11.1 Å². The topological polar surface area (TPSA) is 37.3 Å². The van der Waals surface area contributed by atoms with Crippen molar-refractivity contribution in [2.45, 2.75) is 6.18 Å². The summed E-state index contributed by atoms with van der Waals surface area (Å²) in [5, 5.41) is 9.48. The van der Waals surface area contributed by atoms with Crippen LogP contribution in [0.4, 0.5) is 17.6 Å². The van der Waals surface area contributed by atoms with Crippen LogP contribution < -0.4 is 0 Å². The first kappa shape index (κ1) is 15.8. The van der Waals surface area contributed by atoms with Crippen LogP contribution in [0, 0.1) is 5.82 Å². The molecule has 0 aliphatic heterocycles. The van der Waals surface area contributed by atoms with Gasteiger partial charge in [0.2, 0.25) is 0 Å². The Labute approximate surface area is 123 Å². The lowest BCUT2D eigenvalue weighted by atomic mass is 10.1. The van der Waals surface area contributed by atoms with Crippen molar-refractivity contribution < 1.29 is 27.5 Å². The van der Waals surface area contributed by atoms with Crippen molar-refractivity contribution in [3.05, 3.63) is 71.0 Å². The van der Waals surface area contributed by atoms with E-state index in [1.165, 1.54) is 18.2 Å². The molecule has 0 saturated carbocycles. The van der Waals surface area contributed by atoms with Gasteiger partial charge in [0.25, 0.3) is 0 Å². The van der Waals surface area contributed by atoms with Crippen molar-refractivity contribution in [1.29, 1.82) is 0 Å². The van der Waals surface area contributed by atoms with E-state index < -0.39 is 29.1 Å². The number of ketones is 1. The summed E-state index contributed by atoms with van der Waals surface area (Å²) in [7, 11) is 0. The SMILES string of the molecule is O=C(C=Cc1cccc(C(F)(F)F)c1)c1cc(F)ccc1O. The van der Waals surface area contributed by atoms with Crippen LogP contribution in [0.2, 0.25) is 0 Å². The molecule has 1 N–H and O–H groups in total. The average molecular weight is 310 g/mol. The summed E-state index contributed by atoms with van der Waals surface area (Å²) in [4.78, 5) is 11.8. The third-order valence-electron chi connectivity index (χ3n) is 2.87. The Bertz CT molecular complexity index is 733. The molecular formula is C16H10F4O2. The van der Waals surface area contributed by atoms with Gasteiger partial charge in [-0.15, -0.1) is 0 Å². The summed E-state index contributed by atoms with van der Waals surface area (Å²) >= 11 is 0. The van der Waals surface area contributed by atoms with E-state index in [2.05, 4.69) is 0 Å². The highest BCUT2D eigenvalue weighted by Crippen LogP contribution is 2.29. The predicted molar refractivity (Wildman–Crippen MR) is 72.9 cm³/mol. The Morgan fingerprint density at radius 3 is 2.50 bits per heavy atom. The Morgan fingerprint density at radius 2 is 1.82 bits per heavy atom. The molecule has 114 valence electrons. The highest BCUT2D eigenvalue weighted by molar-refractivity contribution is 6.08. The molecule has 2 rings (SSSR count). The minimum Gasteiger partial charge on any atom is -0.507 e. The standard InChI is InChI=1S/C16H10F4O2/c17-12-5-7-15(22)13(9-12)14(21)6-4-10-2-1-3-11(8-10)16(18,19)20/h1-9,22H. The number of halogens is 4. The fourth-order valence-corrected chi connectivity index (χ4v) is 1.79. The summed E-state index contributed by atoms with van der Waals surface area (Å²) < 4.78 is 50.7. The fourth-order valence-electron chi connectivity index (χ4n) is 1.79. The van der Waals surface area contributed by atoms with E-state index in [9.17, 15) is 27.5 Å². The van der Waals surface area contributed by atoms with E-state index in [0.29, 0.717) is 0 Å². The molecule has 0 amide bonds. The first-order valence-electron chi connectivity index (χ1n) is 6.15. The molecule has 0 atom stereocenters. The zero-order chi connectivity index (χ0) is 16.3. The first-order valence-corrected chi connectivity index (χ1v) is 6.15. The number of allylic oxidation sites excluding steroid dienone is 1. The van der Waals surface area contributed by atoms with Crippen molar-refractivity contribution in [3.63, 3.8) is 0 Å². The van der Waals surface area contributed by atoms with Crippen LogP contribution in [0.1, 0.15) is 21.5 Å². The van der Waals surface area contributed by atoms with Crippen LogP contribution in [0.25, 0.3) is 6.08 Å². The van der Waals surface area contributed by atoms with E-state index in [-0.39, 0.29) is 11.1 Å². The molecule has 0 aliphatic rings. The molecular weight excluding hydrogens is 300 g/mol. The fraction of sp³-hybridized carbons (Fsp3) is 0.0625. The molecule has 2 nitrogen and oxygen atoms in total. The summed E-state index contributed by atoms with van der Waals surface area (Å²) in [5.74, 6) is -1.82.